The highest BCUT2D eigenvalue weighted by Gasteiger charge is 2.42. The van der Waals surface area contributed by atoms with Crippen molar-refractivity contribution in [3.8, 4) is 5.75 Å². The number of benzene rings is 3. The number of fused-ring (bicyclic) bond motifs is 1. The molecule has 40 heavy (non-hydrogen) atoms. The molecule has 1 fully saturated rings. The molecular weight excluding hydrogens is 498 g/mol. The van der Waals surface area contributed by atoms with Gasteiger partial charge in [-0.25, -0.2) is 0 Å². The van der Waals surface area contributed by atoms with Gasteiger partial charge in [0.1, 0.15) is 11.6 Å². The Bertz CT molecular complexity index is 1340. The number of hydrogen-bond donors (Lipinski definition) is 1. The summed E-state index contributed by atoms with van der Waals surface area (Å²) in [5.74, 6) is 1.55. The zero-order valence-corrected chi connectivity index (χ0v) is 23.6. The van der Waals surface area contributed by atoms with Gasteiger partial charge in [-0.05, 0) is 80.8 Å². The molecule has 6 nitrogen and oxygen atoms in total. The molecule has 3 aromatic rings. The van der Waals surface area contributed by atoms with Gasteiger partial charge >= 0.3 is 0 Å². The number of aliphatic imine (C=N–C) groups is 1. The number of hydrogen-bond acceptors (Lipinski definition) is 4. The monoisotopic (exact) mass is 537 g/mol. The lowest BCUT2D eigenvalue weighted by molar-refractivity contribution is -0.133. The summed E-state index contributed by atoms with van der Waals surface area (Å²) in [5, 5.41) is 3.22. The van der Waals surface area contributed by atoms with Gasteiger partial charge in [-0.15, -0.1) is 0 Å². The van der Waals surface area contributed by atoms with Crippen LogP contribution in [0.4, 0.5) is 0 Å². The Balaban J connectivity index is 1.31. The van der Waals surface area contributed by atoms with Gasteiger partial charge in [-0.1, -0.05) is 60.7 Å². The Morgan fingerprint density at radius 2 is 1.62 bits per heavy atom. The SMILES string of the molecule is CC(C)Oc1ccc2c(c1)CCCC(N1CCC(Cc3ccccc3)(C(=O)NCc3ccccc3)CC1)=NC2=O. The zero-order valence-electron chi connectivity index (χ0n) is 23.6. The van der Waals surface area contributed by atoms with E-state index in [1.165, 1.54) is 5.56 Å². The number of amidine groups is 1. The van der Waals surface area contributed by atoms with E-state index in [0.29, 0.717) is 44.5 Å². The predicted molar refractivity (Wildman–Crippen MR) is 159 cm³/mol. The maximum Gasteiger partial charge on any atom is 0.278 e. The van der Waals surface area contributed by atoms with E-state index in [2.05, 4.69) is 27.3 Å². The average molecular weight is 538 g/mol. The first-order valence-electron chi connectivity index (χ1n) is 14.4. The molecule has 0 atom stereocenters. The van der Waals surface area contributed by atoms with Crippen molar-refractivity contribution < 1.29 is 14.3 Å². The number of amides is 2. The zero-order chi connectivity index (χ0) is 28.0. The van der Waals surface area contributed by atoms with Crippen molar-refractivity contribution >= 4 is 17.6 Å². The lowest BCUT2D eigenvalue weighted by Crippen LogP contribution is -2.51. The van der Waals surface area contributed by atoms with Crippen molar-refractivity contribution in [3.05, 3.63) is 101 Å². The molecule has 0 aromatic heterocycles. The van der Waals surface area contributed by atoms with E-state index < -0.39 is 5.41 Å². The molecule has 0 radical (unpaired) electrons. The Kier molecular flexibility index (Phi) is 8.63. The van der Waals surface area contributed by atoms with Crippen LogP contribution in [0.15, 0.2) is 83.9 Å². The number of carbonyl (C=O) groups is 2. The van der Waals surface area contributed by atoms with E-state index in [0.717, 1.165) is 42.0 Å². The van der Waals surface area contributed by atoms with Gasteiger partial charge in [0.05, 0.1) is 11.5 Å². The third kappa shape index (κ3) is 6.61. The first-order chi connectivity index (χ1) is 19.4. The van der Waals surface area contributed by atoms with Crippen LogP contribution in [0.1, 0.15) is 66.6 Å². The topological polar surface area (TPSA) is 71.0 Å². The van der Waals surface area contributed by atoms with E-state index in [4.69, 9.17) is 4.74 Å². The van der Waals surface area contributed by atoms with Crippen molar-refractivity contribution in [2.75, 3.05) is 13.1 Å². The van der Waals surface area contributed by atoms with E-state index in [1.807, 2.05) is 80.6 Å². The summed E-state index contributed by atoms with van der Waals surface area (Å²) in [7, 11) is 0. The molecular formula is C34H39N3O3. The van der Waals surface area contributed by atoms with Crippen LogP contribution >= 0.6 is 0 Å². The highest BCUT2D eigenvalue weighted by Crippen LogP contribution is 2.36. The minimum atomic E-state index is -0.502. The van der Waals surface area contributed by atoms with E-state index in [-0.39, 0.29) is 17.9 Å². The second-order valence-electron chi connectivity index (χ2n) is 11.3. The standard InChI is InChI=1S/C34H39N3O3/c1-25(2)40-29-16-17-30-28(22-29)14-9-15-31(36-32(30)38)37-20-18-34(19-21-37,23-26-10-5-3-6-11-26)33(39)35-24-27-12-7-4-8-13-27/h3-8,10-13,16-17,22,25H,9,14-15,18-21,23-24H2,1-2H3,(H,35,39). The fourth-order valence-electron chi connectivity index (χ4n) is 5.86. The molecule has 1 saturated heterocycles. The van der Waals surface area contributed by atoms with Gasteiger partial charge in [-0.2, -0.15) is 4.99 Å². The van der Waals surface area contributed by atoms with E-state index in [9.17, 15) is 9.59 Å². The smallest absolute Gasteiger partial charge is 0.278 e. The van der Waals surface area contributed by atoms with Crippen molar-refractivity contribution in [3.63, 3.8) is 0 Å². The van der Waals surface area contributed by atoms with Crippen LogP contribution in [-0.4, -0.2) is 41.7 Å². The highest BCUT2D eigenvalue weighted by atomic mass is 16.5. The number of nitrogens with zero attached hydrogens (tertiary/aromatic N) is 2. The van der Waals surface area contributed by atoms with Crippen LogP contribution in [-0.2, 0) is 24.2 Å². The Morgan fingerprint density at radius 3 is 2.30 bits per heavy atom. The summed E-state index contributed by atoms with van der Waals surface area (Å²) in [6, 6.07) is 26.0. The van der Waals surface area contributed by atoms with Crippen LogP contribution in [0.3, 0.4) is 0 Å². The summed E-state index contributed by atoms with van der Waals surface area (Å²) < 4.78 is 5.84. The van der Waals surface area contributed by atoms with Gasteiger partial charge in [0.2, 0.25) is 5.91 Å². The highest BCUT2D eigenvalue weighted by molar-refractivity contribution is 6.04. The number of likely N-dealkylation sites (tertiary alicyclic amines) is 1. The average Bonchev–Trinajstić information content (AvgIpc) is 2.95. The van der Waals surface area contributed by atoms with Gasteiger partial charge in [0.25, 0.3) is 5.91 Å². The second-order valence-corrected chi connectivity index (χ2v) is 11.3. The summed E-state index contributed by atoms with van der Waals surface area (Å²) in [6.45, 7) is 5.92. The Hall–Kier alpha value is -3.93. The molecule has 0 saturated carbocycles. The predicted octanol–water partition coefficient (Wildman–Crippen LogP) is 5.99. The van der Waals surface area contributed by atoms with Gasteiger partial charge in [-0.3, -0.25) is 9.59 Å². The van der Waals surface area contributed by atoms with E-state index >= 15 is 0 Å². The lowest BCUT2D eigenvalue weighted by Gasteiger charge is -2.42. The second kappa shape index (κ2) is 12.5. The maximum atomic E-state index is 13.7. The van der Waals surface area contributed by atoms with Crippen LogP contribution in [0, 0.1) is 5.41 Å². The summed E-state index contributed by atoms with van der Waals surface area (Å²) in [4.78, 5) is 33.8. The first kappa shape index (κ1) is 27.6. The van der Waals surface area contributed by atoms with Gasteiger partial charge in [0, 0.05) is 31.6 Å². The minimum Gasteiger partial charge on any atom is -0.491 e. The van der Waals surface area contributed by atoms with Crippen molar-refractivity contribution in [1.82, 2.24) is 10.2 Å². The number of nitrogens with one attached hydrogen (secondary N) is 1. The normalized spacial score (nSPS) is 16.9. The Labute approximate surface area is 237 Å². The van der Waals surface area contributed by atoms with Crippen LogP contribution < -0.4 is 10.1 Å². The van der Waals surface area contributed by atoms with Crippen LogP contribution in [0.2, 0.25) is 0 Å². The number of rotatable bonds is 7. The number of aryl methyl sites for hydroxylation is 1. The van der Waals surface area contributed by atoms with Crippen molar-refractivity contribution in [2.45, 2.75) is 65.0 Å². The molecule has 208 valence electrons. The molecule has 6 heteroatoms. The first-order valence-corrected chi connectivity index (χ1v) is 14.4. The third-order valence-electron chi connectivity index (χ3n) is 8.00. The van der Waals surface area contributed by atoms with Crippen molar-refractivity contribution in [1.29, 1.82) is 0 Å². The molecule has 1 N–H and O–H groups in total. The van der Waals surface area contributed by atoms with Gasteiger partial charge in [0.15, 0.2) is 0 Å². The fraction of sp³-hybridized carbons (Fsp3) is 0.382. The molecule has 0 unspecified atom stereocenters. The van der Waals surface area contributed by atoms with Crippen molar-refractivity contribution in [2.24, 2.45) is 10.4 Å². The molecule has 0 spiro atoms. The number of ether oxygens (including phenoxy) is 1. The summed E-state index contributed by atoms with van der Waals surface area (Å²) in [5.41, 5.74) is 3.42. The largest absolute Gasteiger partial charge is 0.491 e. The van der Waals surface area contributed by atoms with Crippen LogP contribution in [0.5, 0.6) is 5.75 Å². The molecule has 0 aliphatic carbocycles. The number of carbonyl (C=O) groups excluding carboxylic acids is 2. The Morgan fingerprint density at radius 1 is 0.950 bits per heavy atom. The maximum absolute atomic E-state index is 13.7. The third-order valence-corrected chi connectivity index (χ3v) is 8.00. The molecule has 5 rings (SSSR count). The number of piperidine rings is 1. The molecule has 2 heterocycles. The summed E-state index contributed by atoms with van der Waals surface area (Å²) in [6.07, 6.45) is 4.66. The summed E-state index contributed by atoms with van der Waals surface area (Å²) >= 11 is 0. The van der Waals surface area contributed by atoms with Gasteiger partial charge < -0.3 is 15.0 Å². The molecule has 2 aliphatic heterocycles. The molecule has 3 aromatic carbocycles. The lowest BCUT2D eigenvalue weighted by atomic mass is 9.72. The minimum absolute atomic E-state index is 0.0838. The molecule has 2 amide bonds. The van der Waals surface area contributed by atoms with E-state index in [1.54, 1.807) is 0 Å². The fourth-order valence-corrected chi connectivity index (χ4v) is 5.86. The quantitative estimate of drug-likeness (QED) is 0.402. The molecule has 2 aliphatic rings. The molecule has 0 bridgehead atoms. The van der Waals surface area contributed by atoms with Crippen LogP contribution in [0.25, 0.3) is 0 Å².